The number of halogens is 2. The molecule has 0 fully saturated rings. The summed E-state index contributed by atoms with van der Waals surface area (Å²) in [6.45, 7) is 1.61. The van der Waals surface area contributed by atoms with Gasteiger partial charge in [0.1, 0.15) is 0 Å². The van der Waals surface area contributed by atoms with Crippen LogP contribution in [0.15, 0.2) is 22.7 Å². The standard InChI is InChI=1S/C10H7BrClNO/c1-2-3-10(14)13-9-5-4-7(12)6-8(9)11/h4-6H,1H3,(H,13,14). The van der Waals surface area contributed by atoms with Crippen LogP contribution in [0.25, 0.3) is 0 Å². The molecule has 1 aromatic rings. The summed E-state index contributed by atoms with van der Waals surface area (Å²) in [4.78, 5) is 11.1. The van der Waals surface area contributed by atoms with Gasteiger partial charge >= 0.3 is 0 Å². The van der Waals surface area contributed by atoms with E-state index >= 15 is 0 Å². The van der Waals surface area contributed by atoms with E-state index in [2.05, 4.69) is 33.1 Å². The van der Waals surface area contributed by atoms with Crippen molar-refractivity contribution in [2.75, 3.05) is 5.32 Å². The number of benzene rings is 1. The SMILES string of the molecule is CC#CC(=O)Nc1ccc(Cl)cc1Br. The maximum absolute atomic E-state index is 11.1. The number of carbonyl (C=O) groups excluding carboxylic acids is 1. The van der Waals surface area contributed by atoms with Crippen LogP contribution in [0.5, 0.6) is 0 Å². The Hall–Kier alpha value is -0.980. The van der Waals surface area contributed by atoms with Crippen LogP contribution in [0.2, 0.25) is 5.02 Å². The molecule has 2 nitrogen and oxygen atoms in total. The lowest BCUT2D eigenvalue weighted by molar-refractivity contribution is -0.111. The lowest BCUT2D eigenvalue weighted by Gasteiger charge is -2.03. The van der Waals surface area contributed by atoms with Crippen molar-refractivity contribution in [2.24, 2.45) is 0 Å². The lowest BCUT2D eigenvalue weighted by atomic mass is 10.3. The number of rotatable bonds is 1. The fourth-order valence-corrected chi connectivity index (χ4v) is 1.64. The molecule has 0 heterocycles. The molecule has 0 aliphatic carbocycles. The van der Waals surface area contributed by atoms with Crippen molar-refractivity contribution in [3.63, 3.8) is 0 Å². The van der Waals surface area contributed by atoms with Gasteiger partial charge in [0.15, 0.2) is 0 Å². The van der Waals surface area contributed by atoms with Crippen LogP contribution < -0.4 is 5.32 Å². The summed E-state index contributed by atoms with van der Waals surface area (Å²) in [6.07, 6.45) is 0. The van der Waals surface area contributed by atoms with Gasteiger partial charge < -0.3 is 5.32 Å². The van der Waals surface area contributed by atoms with Crippen LogP contribution in [-0.4, -0.2) is 5.91 Å². The number of hydrogen-bond acceptors (Lipinski definition) is 1. The fourth-order valence-electron chi connectivity index (χ4n) is 0.858. The van der Waals surface area contributed by atoms with E-state index in [-0.39, 0.29) is 5.91 Å². The molecule has 0 radical (unpaired) electrons. The first kappa shape index (κ1) is 11.1. The summed E-state index contributed by atoms with van der Waals surface area (Å²) in [6, 6.07) is 5.11. The van der Waals surface area contributed by atoms with Gasteiger partial charge in [-0.1, -0.05) is 17.5 Å². The molecule has 1 N–H and O–H groups in total. The minimum atomic E-state index is -0.337. The predicted molar refractivity (Wildman–Crippen MR) is 61.2 cm³/mol. The third kappa shape index (κ3) is 3.06. The minimum absolute atomic E-state index is 0.337. The van der Waals surface area contributed by atoms with Gasteiger partial charge in [0.05, 0.1) is 5.69 Å². The summed E-state index contributed by atoms with van der Waals surface area (Å²) in [7, 11) is 0. The highest BCUT2D eigenvalue weighted by molar-refractivity contribution is 9.10. The Morgan fingerprint density at radius 3 is 2.86 bits per heavy atom. The molecule has 4 heteroatoms. The average Bonchev–Trinajstić information content (AvgIpc) is 2.10. The van der Waals surface area contributed by atoms with Crippen molar-refractivity contribution in [1.82, 2.24) is 0 Å². The first-order chi connectivity index (χ1) is 6.63. The molecule has 0 bridgehead atoms. The van der Waals surface area contributed by atoms with Gasteiger partial charge in [-0.25, -0.2) is 0 Å². The molecule has 0 unspecified atom stereocenters. The molecule has 1 amide bonds. The zero-order valence-electron chi connectivity index (χ0n) is 7.40. The van der Waals surface area contributed by atoms with Crippen molar-refractivity contribution in [3.8, 4) is 11.8 Å². The summed E-state index contributed by atoms with van der Waals surface area (Å²) in [5.74, 6) is 4.56. The molecule has 72 valence electrons. The number of nitrogens with one attached hydrogen (secondary N) is 1. The van der Waals surface area contributed by atoms with E-state index in [4.69, 9.17) is 11.6 Å². The minimum Gasteiger partial charge on any atom is -0.314 e. The van der Waals surface area contributed by atoms with E-state index < -0.39 is 0 Å². The highest BCUT2D eigenvalue weighted by Gasteiger charge is 2.02. The van der Waals surface area contributed by atoms with Gasteiger partial charge in [-0.05, 0) is 47.0 Å². The van der Waals surface area contributed by atoms with Crippen LogP contribution in [0.1, 0.15) is 6.92 Å². The Balaban J connectivity index is 2.85. The van der Waals surface area contributed by atoms with Crippen molar-refractivity contribution in [3.05, 3.63) is 27.7 Å². The third-order valence-corrected chi connectivity index (χ3v) is 2.31. The van der Waals surface area contributed by atoms with Crippen LogP contribution in [0, 0.1) is 11.8 Å². The molecule has 1 rings (SSSR count). The van der Waals surface area contributed by atoms with E-state index in [0.29, 0.717) is 10.7 Å². The average molecular weight is 273 g/mol. The van der Waals surface area contributed by atoms with E-state index in [0.717, 1.165) is 4.47 Å². The maximum atomic E-state index is 11.1. The number of anilines is 1. The smallest absolute Gasteiger partial charge is 0.300 e. The first-order valence-electron chi connectivity index (χ1n) is 3.82. The van der Waals surface area contributed by atoms with Crippen molar-refractivity contribution < 1.29 is 4.79 Å². The van der Waals surface area contributed by atoms with Crippen LogP contribution in [0.4, 0.5) is 5.69 Å². The van der Waals surface area contributed by atoms with Gasteiger partial charge in [-0.2, -0.15) is 0 Å². The second kappa shape index (κ2) is 5.04. The maximum Gasteiger partial charge on any atom is 0.300 e. The van der Waals surface area contributed by atoms with E-state index in [1.165, 1.54) is 0 Å². The quantitative estimate of drug-likeness (QED) is 0.782. The largest absolute Gasteiger partial charge is 0.314 e. The van der Waals surface area contributed by atoms with Crippen LogP contribution >= 0.6 is 27.5 Å². The number of amides is 1. The van der Waals surface area contributed by atoms with Crippen LogP contribution in [0.3, 0.4) is 0 Å². The molecule has 1 aromatic carbocycles. The second-order valence-electron chi connectivity index (χ2n) is 2.45. The van der Waals surface area contributed by atoms with Gasteiger partial charge in [0, 0.05) is 9.50 Å². The van der Waals surface area contributed by atoms with Gasteiger partial charge in [0.2, 0.25) is 0 Å². The molecule has 0 spiro atoms. The summed E-state index contributed by atoms with van der Waals surface area (Å²) >= 11 is 9.02. The van der Waals surface area contributed by atoms with E-state index in [1.807, 2.05) is 0 Å². The zero-order valence-corrected chi connectivity index (χ0v) is 9.74. The molecule has 0 atom stereocenters. The second-order valence-corrected chi connectivity index (χ2v) is 3.74. The monoisotopic (exact) mass is 271 g/mol. The Kier molecular flexibility index (Phi) is 3.99. The van der Waals surface area contributed by atoms with Crippen molar-refractivity contribution in [1.29, 1.82) is 0 Å². The van der Waals surface area contributed by atoms with Gasteiger partial charge in [-0.15, -0.1) is 0 Å². The Morgan fingerprint density at radius 1 is 1.57 bits per heavy atom. The number of hydrogen-bond donors (Lipinski definition) is 1. The van der Waals surface area contributed by atoms with Crippen molar-refractivity contribution in [2.45, 2.75) is 6.92 Å². The molecule has 0 aliphatic heterocycles. The van der Waals surface area contributed by atoms with Gasteiger partial charge in [-0.3, -0.25) is 4.79 Å². The summed E-state index contributed by atoms with van der Waals surface area (Å²) in [5.41, 5.74) is 0.655. The fraction of sp³-hybridized carbons (Fsp3) is 0.100. The Bertz CT molecular complexity index is 420. The third-order valence-electron chi connectivity index (χ3n) is 1.42. The predicted octanol–water partition coefficient (Wildman–Crippen LogP) is 3.06. The number of carbonyl (C=O) groups is 1. The molecule has 0 saturated heterocycles. The molecular weight excluding hydrogens is 265 g/mol. The van der Waals surface area contributed by atoms with Gasteiger partial charge in [0.25, 0.3) is 5.91 Å². The Morgan fingerprint density at radius 2 is 2.29 bits per heavy atom. The molecule has 0 aromatic heterocycles. The van der Waals surface area contributed by atoms with Crippen LogP contribution in [-0.2, 0) is 4.79 Å². The molecule has 14 heavy (non-hydrogen) atoms. The van der Waals surface area contributed by atoms with E-state index in [1.54, 1.807) is 25.1 Å². The topological polar surface area (TPSA) is 29.1 Å². The molecule has 0 aliphatic rings. The highest BCUT2D eigenvalue weighted by Crippen LogP contribution is 2.25. The first-order valence-corrected chi connectivity index (χ1v) is 4.99. The lowest BCUT2D eigenvalue weighted by Crippen LogP contribution is -2.08. The summed E-state index contributed by atoms with van der Waals surface area (Å²) in [5, 5.41) is 3.23. The summed E-state index contributed by atoms with van der Waals surface area (Å²) < 4.78 is 0.733. The zero-order chi connectivity index (χ0) is 10.6. The van der Waals surface area contributed by atoms with E-state index in [9.17, 15) is 4.79 Å². The molecule has 0 saturated carbocycles. The Labute approximate surface area is 95.8 Å². The molecular formula is C10H7BrClNO. The van der Waals surface area contributed by atoms with Crippen molar-refractivity contribution >= 4 is 39.1 Å². The highest BCUT2D eigenvalue weighted by atomic mass is 79.9. The normalized spacial score (nSPS) is 8.79.